The van der Waals surface area contributed by atoms with Crippen molar-refractivity contribution in [2.75, 3.05) is 7.11 Å². The molecule has 0 aliphatic carbocycles. The van der Waals surface area contributed by atoms with Gasteiger partial charge < -0.3 is 4.74 Å². The number of aryl methyl sites for hydroxylation is 1. The Morgan fingerprint density at radius 2 is 2.20 bits per heavy atom. The van der Waals surface area contributed by atoms with Crippen molar-refractivity contribution in [3.05, 3.63) is 33.3 Å². The van der Waals surface area contributed by atoms with Gasteiger partial charge in [-0.1, -0.05) is 0 Å². The third-order valence-electron chi connectivity index (χ3n) is 2.20. The van der Waals surface area contributed by atoms with E-state index in [1.165, 1.54) is 7.11 Å². The summed E-state index contributed by atoms with van der Waals surface area (Å²) in [6, 6.07) is 4.97. The number of hydrogen-bond acceptors (Lipinski definition) is 4. The minimum atomic E-state index is -0.426. The third-order valence-corrected chi connectivity index (χ3v) is 3.05. The molecule has 0 spiro atoms. The van der Waals surface area contributed by atoms with E-state index in [4.69, 9.17) is 0 Å². The largest absolute Gasteiger partial charge is 0.465 e. The fourth-order valence-electron chi connectivity index (χ4n) is 1.44. The monoisotopic (exact) mass is 223 g/mol. The summed E-state index contributed by atoms with van der Waals surface area (Å²) in [6.07, 6.45) is 0. The van der Waals surface area contributed by atoms with Crippen LogP contribution in [0.5, 0.6) is 0 Å². The van der Waals surface area contributed by atoms with Gasteiger partial charge in [-0.05, 0) is 29.7 Å². The summed E-state index contributed by atoms with van der Waals surface area (Å²) in [7, 11) is 3.13. The number of methoxy groups -OCH3 is 1. The van der Waals surface area contributed by atoms with E-state index in [0.717, 1.165) is 17.0 Å². The summed E-state index contributed by atoms with van der Waals surface area (Å²) in [5.74, 6) is -0.426. The molecule has 4 nitrogen and oxygen atoms in total. The molecule has 0 aliphatic rings. The number of carbonyl (C=O) groups is 1. The third kappa shape index (κ3) is 1.55. The molecule has 78 valence electrons. The minimum absolute atomic E-state index is 0.0433. The highest BCUT2D eigenvalue weighted by Crippen LogP contribution is 2.15. The van der Waals surface area contributed by atoms with Crippen LogP contribution in [0.3, 0.4) is 0 Å². The molecule has 0 amide bonds. The summed E-state index contributed by atoms with van der Waals surface area (Å²) in [4.78, 5) is 22.8. The number of ether oxygens (including phenoxy) is 1. The number of nitrogens with zero attached hydrogens (tertiary/aromatic N) is 1. The van der Waals surface area contributed by atoms with Crippen LogP contribution in [0.2, 0.25) is 0 Å². The Morgan fingerprint density at radius 1 is 1.47 bits per heavy atom. The standard InChI is InChI=1S/C10H9NO3S/c1-11-8-4-3-6(9(12)14-2)5-7(8)10(13)15-11/h3-5H,1-2H3. The zero-order valence-corrected chi connectivity index (χ0v) is 9.13. The highest BCUT2D eigenvalue weighted by atomic mass is 32.1. The zero-order valence-electron chi connectivity index (χ0n) is 8.31. The normalized spacial score (nSPS) is 10.5. The van der Waals surface area contributed by atoms with Crippen LogP contribution in [0.15, 0.2) is 23.0 Å². The van der Waals surface area contributed by atoms with Crippen molar-refractivity contribution in [3.63, 3.8) is 0 Å². The van der Waals surface area contributed by atoms with Gasteiger partial charge in [0, 0.05) is 7.05 Å². The van der Waals surface area contributed by atoms with Crippen LogP contribution < -0.4 is 4.74 Å². The maximum Gasteiger partial charge on any atom is 0.337 e. The lowest BCUT2D eigenvalue weighted by atomic mass is 10.1. The molecule has 0 saturated carbocycles. The summed E-state index contributed by atoms with van der Waals surface area (Å²) >= 11 is 1.12. The van der Waals surface area contributed by atoms with E-state index in [1.807, 2.05) is 7.05 Å². The fourth-order valence-corrected chi connectivity index (χ4v) is 2.21. The van der Waals surface area contributed by atoms with E-state index < -0.39 is 5.97 Å². The van der Waals surface area contributed by atoms with Crippen molar-refractivity contribution in [2.24, 2.45) is 7.05 Å². The summed E-state index contributed by atoms with van der Waals surface area (Å²) in [5.41, 5.74) is 1.23. The lowest BCUT2D eigenvalue weighted by Crippen LogP contribution is -2.01. The van der Waals surface area contributed by atoms with Gasteiger partial charge in [-0.15, -0.1) is 0 Å². The van der Waals surface area contributed by atoms with Gasteiger partial charge >= 0.3 is 5.97 Å². The van der Waals surface area contributed by atoms with Crippen LogP contribution in [-0.4, -0.2) is 17.0 Å². The van der Waals surface area contributed by atoms with Crippen molar-refractivity contribution in [2.45, 2.75) is 0 Å². The number of rotatable bonds is 1. The minimum Gasteiger partial charge on any atom is -0.465 e. The maximum atomic E-state index is 11.5. The van der Waals surface area contributed by atoms with E-state index in [2.05, 4.69) is 4.74 Å². The average Bonchev–Trinajstić information content (AvgIpc) is 2.53. The van der Waals surface area contributed by atoms with Crippen LogP contribution in [-0.2, 0) is 11.8 Å². The highest BCUT2D eigenvalue weighted by molar-refractivity contribution is 7.05. The number of carbonyl (C=O) groups excluding carboxylic acids is 1. The average molecular weight is 223 g/mol. The molecule has 0 saturated heterocycles. The van der Waals surface area contributed by atoms with Crippen LogP contribution in [0.4, 0.5) is 0 Å². The van der Waals surface area contributed by atoms with Gasteiger partial charge in [-0.3, -0.25) is 8.75 Å². The first kappa shape index (κ1) is 9.92. The number of hydrogen-bond donors (Lipinski definition) is 0. The van der Waals surface area contributed by atoms with E-state index >= 15 is 0 Å². The molecule has 5 heteroatoms. The zero-order chi connectivity index (χ0) is 11.0. The van der Waals surface area contributed by atoms with Crippen molar-refractivity contribution in [1.82, 2.24) is 3.96 Å². The number of esters is 1. The molecular weight excluding hydrogens is 214 g/mol. The summed E-state index contributed by atoms with van der Waals surface area (Å²) in [5, 5.41) is 0.561. The van der Waals surface area contributed by atoms with Crippen molar-refractivity contribution < 1.29 is 9.53 Å². The second kappa shape index (κ2) is 3.51. The van der Waals surface area contributed by atoms with Gasteiger partial charge in [0.1, 0.15) is 0 Å². The Morgan fingerprint density at radius 3 is 2.87 bits per heavy atom. The molecule has 1 aromatic carbocycles. The summed E-state index contributed by atoms with van der Waals surface area (Å²) in [6.45, 7) is 0. The van der Waals surface area contributed by atoms with Gasteiger partial charge in [-0.2, -0.15) is 0 Å². The first-order valence-corrected chi connectivity index (χ1v) is 5.09. The molecule has 0 N–H and O–H groups in total. The van der Waals surface area contributed by atoms with E-state index in [9.17, 15) is 9.59 Å². The lowest BCUT2D eigenvalue weighted by molar-refractivity contribution is 0.0601. The first-order chi connectivity index (χ1) is 7.13. The second-order valence-electron chi connectivity index (χ2n) is 3.10. The van der Waals surface area contributed by atoms with E-state index in [0.29, 0.717) is 10.9 Å². The predicted molar refractivity (Wildman–Crippen MR) is 58.4 cm³/mol. The molecule has 0 fully saturated rings. The highest BCUT2D eigenvalue weighted by Gasteiger charge is 2.10. The first-order valence-electron chi connectivity index (χ1n) is 4.32. The Kier molecular flexibility index (Phi) is 2.32. The van der Waals surface area contributed by atoms with E-state index in [1.54, 1.807) is 22.2 Å². The molecule has 2 aromatic rings. The lowest BCUT2D eigenvalue weighted by Gasteiger charge is -1.99. The molecule has 0 atom stereocenters. The quantitative estimate of drug-likeness (QED) is 0.686. The van der Waals surface area contributed by atoms with Gasteiger partial charge in [0.2, 0.25) is 0 Å². The smallest absolute Gasteiger partial charge is 0.337 e. The number of aromatic nitrogens is 1. The molecule has 0 aliphatic heterocycles. The fraction of sp³-hybridized carbons (Fsp3) is 0.200. The second-order valence-corrected chi connectivity index (χ2v) is 4.20. The van der Waals surface area contributed by atoms with Gasteiger partial charge in [0.05, 0.1) is 23.6 Å². The topological polar surface area (TPSA) is 48.3 Å². The SMILES string of the molecule is COC(=O)c1ccc2c(c1)c(=O)sn2C. The number of fused-ring (bicyclic) bond motifs is 1. The molecule has 0 unspecified atom stereocenters. The maximum absolute atomic E-state index is 11.5. The van der Waals surface area contributed by atoms with Crippen molar-refractivity contribution >= 4 is 28.4 Å². The molecule has 0 radical (unpaired) electrons. The molecule has 1 heterocycles. The molecule has 0 bridgehead atoms. The van der Waals surface area contributed by atoms with Crippen LogP contribution in [0.1, 0.15) is 10.4 Å². The van der Waals surface area contributed by atoms with Gasteiger partial charge in [0.15, 0.2) is 0 Å². The van der Waals surface area contributed by atoms with Crippen LogP contribution in [0.25, 0.3) is 10.9 Å². The van der Waals surface area contributed by atoms with Crippen LogP contribution >= 0.6 is 11.5 Å². The van der Waals surface area contributed by atoms with Gasteiger partial charge in [0.25, 0.3) is 4.74 Å². The Hall–Kier alpha value is -1.62. The molecule has 2 rings (SSSR count). The molecular formula is C10H9NO3S. The predicted octanol–water partition coefficient (Wildman–Crippen LogP) is 1.39. The molecule has 1 aromatic heterocycles. The Labute approximate surface area is 89.9 Å². The molecule has 15 heavy (non-hydrogen) atoms. The number of benzene rings is 1. The Balaban J connectivity index is 2.71. The summed E-state index contributed by atoms with van der Waals surface area (Å²) < 4.78 is 6.32. The van der Waals surface area contributed by atoms with Gasteiger partial charge in [-0.25, -0.2) is 4.79 Å². The van der Waals surface area contributed by atoms with Crippen molar-refractivity contribution in [1.29, 1.82) is 0 Å². The van der Waals surface area contributed by atoms with E-state index in [-0.39, 0.29) is 4.74 Å². The van der Waals surface area contributed by atoms with Crippen LogP contribution in [0, 0.1) is 0 Å². The van der Waals surface area contributed by atoms with Crippen molar-refractivity contribution in [3.8, 4) is 0 Å². The Bertz CT molecular complexity index is 582.